The molecule has 0 aliphatic heterocycles. The van der Waals surface area contributed by atoms with Crippen LogP contribution >= 0.6 is 27.3 Å². The molecule has 0 saturated carbocycles. The van der Waals surface area contributed by atoms with Crippen LogP contribution in [0.4, 0.5) is 5.69 Å². The molecule has 15 heavy (non-hydrogen) atoms. The van der Waals surface area contributed by atoms with Gasteiger partial charge in [0, 0.05) is 27.0 Å². The molecule has 0 radical (unpaired) electrons. The molecule has 0 saturated heterocycles. The summed E-state index contributed by atoms with van der Waals surface area (Å²) in [4.78, 5) is 1.34. The van der Waals surface area contributed by atoms with Crippen molar-refractivity contribution in [2.75, 3.05) is 5.32 Å². The third-order valence-electron chi connectivity index (χ3n) is 2.22. The molecular weight excluding hydrogens is 270 g/mol. The van der Waals surface area contributed by atoms with Crippen LogP contribution in [-0.4, -0.2) is 0 Å². The maximum absolute atomic E-state index is 3.46. The molecule has 2 rings (SSSR count). The van der Waals surface area contributed by atoms with Crippen LogP contribution in [0.3, 0.4) is 0 Å². The number of benzene rings is 1. The molecule has 0 aliphatic carbocycles. The Bertz CT molecular complexity index is 450. The third-order valence-corrected chi connectivity index (χ3v) is 3.92. The Hall–Kier alpha value is -0.800. The summed E-state index contributed by atoms with van der Waals surface area (Å²) < 4.78 is 1.16. The van der Waals surface area contributed by atoms with Gasteiger partial charge >= 0.3 is 0 Å². The summed E-state index contributed by atoms with van der Waals surface area (Å²) in [5.74, 6) is 0. The van der Waals surface area contributed by atoms with Crippen molar-refractivity contribution in [3.05, 3.63) is 50.6 Å². The van der Waals surface area contributed by atoms with E-state index in [1.807, 2.05) is 0 Å². The van der Waals surface area contributed by atoms with Gasteiger partial charge < -0.3 is 5.32 Å². The molecule has 0 bridgehead atoms. The van der Waals surface area contributed by atoms with Crippen LogP contribution in [0, 0.1) is 6.92 Å². The number of hydrogen-bond acceptors (Lipinski definition) is 2. The molecule has 0 spiro atoms. The summed E-state index contributed by atoms with van der Waals surface area (Å²) in [6, 6.07) is 10.5. The van der Waals surface area contributed by atoms with Gasteiger partial charge in [0.15, 0.2) is 0 Å². The number of hydrogen-bond donors (Lipinski definition) is 1. The number of thiophene rings is 1. The van der Waals surface area contributed by atoms with Crippen molar-refractivity contribution in [3.63, 3.8) is 0 Å². The largest absolute Gasteiger partial charge is 0.380 e. The van der Waals surface area contributed by atoms with Gasteiger partial charge in [-0.15, -0.1) is 11.3 Å². The molecule has 1 nitrogen and oxygen atoms in total. The predicted molar refractivity (Wildman–Crippen MR) is 70.5 cm³/mol. The highest BCUT2D eigenvalue weighted by Gasteiger charge is 1.99. The fourth-order valence-electron chi connectivity index (χ4n) is 1.40. The van der Waals surface area contributed by atoms with E-state index in [4.69, 9.17) is 0 Å². The van der Waals surface area contributed by atoms with Crippen molar-refractivity contribution in [1.29, 1.82) is 0 Å². The summed E-state index contributed by atoms with van der Waals surface area (Å²) in [6.45, 7) is 3.01. The zero-order chi connectivity index (χ0) is 10.7. The molecule has 1 aromatic carbocycles. The summed E-state index contributed by atoms with van der Waals surface area (Å²) in [6.07, 6.45) is 0. The second-order valence-corrected chi connectivity index (χ2v) is 5.31. The number of para-hydroxylation sites is 1. The van der Waals surface area contributed by atoms with Gasteiger partial charge in [-0.3, -0.25) is 0 Å². The minimum Gasteiger partial charge on any atom is -0.380 e. The lowest BCUT2D eigenvalue weighted by Gasteiger charge is -2.07. The normalized spacial score (nSPS) is 10.3. The van der Waals surface area contributed by atoms with Gasteiger partial charge in [-0.25, -0.2) is 0 Å². The van der Waals surface area contributed by atoms with Crippen LogP contribution in [0.2, 0.25) is 0 Å². The lowest BCUT2D eigenvalue weighted by molar-refractivity contribution is 1.18. The van der Waals surface area contributed by atoms with E-state index in [-0.39, 0.29) is 0 Å². The number of rotatable bonds is 3. The van der Waals surface area contributed by atoms with Crippen LogP contribution in [0.15, 0.2) is 40.2 Å². The third kappa shape index (κ3) is 2.83. The van der Waals surface area contributed by atoms with Crippen molar-refractivity contribution in [3.8, 4) is 0 Å². The quantitative estimate of drug-likeness (QED) is 0.878. The van der Waals surface area contributed by atoms with Gasteiger partial charge in [-0.2, -0.15) is 0 Å². The first-order valence-corrected chi connectivity index (χ1v) is 6.45. The average Bonchev–Trinajstić information content (AvgIpc) is 2.63. The second kappa shape index (κ2) is 4.81. The summed E-state index contributed by atoms with van der Waals surface area (Å²) in [7, 11) is 0. The molecule has 1 aromatic heterocycles. The van der Waals surface area contributed by atoms with Crippen LogP contribution in [0.25, 0.3) is 0 Å². The minimum absolute atomic E-state index is 0.890. The lowest BCUT2D eigenvalue weighted by atomic mass is 10.2. The molecule has 3 heteroatoms. The van der Waals surface area contributed by atoms with E-state index in [1.165, 1.54) is 16.1 Å². The van der Waals surface area contributed by atoms with E-state index in [9.17, 15) is 0 Å². The molecular formula is C12H12BrNS. The Morgan fingerprint density at radius 3 is 2.80 bits per heavy atom. The molecule has 0 unspecified atom stereocenters. The van der Waals surface area contributed by atoms with Crippen molar-refractivity contribution in [1.82, 2.24) is 0 Å². The standard InChI is InChI=1S/C12H12BrNS/c1-9-4-2-3-5-12(9)14-7-11-6-10(13)8-15-11/h2-6,8,14H,7H2,1H3. The highest BCUT2D eigenvalue weighted by atomic mass is 79.9. The van der Waals surface area contributed by atoms with E-state index >= 15 is 0 Å². The Labute approximate surface area is 102 Å². The topological polar surface area (TPSA) is 12.0 Å². The van der Waals surface area contributed by atoms with E-state index in [0.717, 1.165) is 11.0 Å². The lowest BCUT2D eigenvalue weighted by Crippen LogP contribution is -1.98. The Balaban J connectivity index is 2.02. The maximum Gasteiger partial charge on any atom is 0.0494 e. The van der Waals surface area contributed by atoms with Crippen molar-refractivity contribution in [2.45, 2.75) is 13.5 Å². The van der Waals surface area contributed by atoms with Gasteiger partial charge in [0.2, 0.25) is 0 Å². The maximum atomic E-state index is 3.46. The fourth-order valence-corrected chi connectivity index (χ4v) is 2.79. The molecule has 1 N–H and O–H groups in total. The first kappa shape index (κ1) is 10.7. The van der Waals surface area contributed by atoms with Gasteiger partial charge in [-0.05, 0) is 40.5 Å². The Morgan fingerprint density at radius 2 is 2.13 bits per heavy atom. The first-order valence-electron chi connectivity index (χ1n) is 4.78. The number of aryl methyl sites for hydroxylation is 1. The average molecular weight is 282 g/mol. The van der Waals surface area contributed by atoms with Crippen molar-refractivity contribution in [2.24, 2.45) is 0 Å². The van der Waals surface area contributed by atoms with Gasteiger partial charge in [0.1, 0.15) is 0 Å². The molecule has 0 aliphatic rings. The van der Waals surface area contributed by atoms with Gasteiger partial charge in [-0.1, -0.05) is 18.2 Å². The second-order valence-electron chi connectivity index (χ2n) is 3.40. The summed E-state index contributed by atoms with van der Waals surface area (Å²) >= 11 is 5.22. The van der Waals surface area contributed by atoms with E-state index in [1.54, 1.807) is 11.3 Å². The highest BCUT2D eigenvalue weighted by Crippen LogP contribution is 2.21. The number of nitrogens with one attached hydrogen (secondary N) is 1. The SMILES string of the molecule is Cc1ccccc1NCc1cc(Br)cs1. The van der Waals surface area contributed by atoms with Crippen LogP contribution in [0.1, 0.15) is 10.4 Å². The van der Waals surface area contributed by atoms with Crippen LogP contribution in [0.5, 0.6) is 0 Å². The van der Waals surface area contributed by atoms with Gasteiger partial charge in [0.25, 0.3) is 0 Å². The summed E-state index contributed by atoms with van der Waals surface area (Å²) in [5.41, 5.74) is 2.50. The predicted octanol–water partition coefficient (Wildman–Crippen LogP) is 4.43. The van der Waals surface area contributed by atoms with Crippen molar-refractivity contribution >= 4 is 33.0 Å². The number of halogens is 1. The molecule has 2 aromatic rings. The smallest absolute Gasteiger partial charge is 0.0494 e. The minimum atomic E-state index is 0.890. The Kier molecular flexibility index (Phi) is 3.44. The molecule has 0 fully saturated rings. The van der Waals surface area contributed by atoms with E-state index in [0.29, 0.717) is 0 Å². The monoisotopic (exact) mass is 281 g/mol. The molecule has 0 atom stereocenters. The van der Waals surface area contributed by atoms with Gasteiger partial charge in [0.05, 0.1) is 0 Å². The van der Waals surface area contributed by atoms with E-state index in [2.05, 4.69) is 63.9 Å². The summed E-state index contributed by atoms with van der Waals surface area (Å²) in [5, 5.41) is 5.54. The molecule has 0 amide bonds. The molecule has 78 valence electrons. The fraction of sp³-hybridized carbons (Fsp3) is 0.167. The number of anilines is 1. The van der Waals surface area contributed by atoms with E-state index < -0.39 is 0 Å². The van der Waals surface area contributed by atoms with Crippen molar-refractivity contribution < 1.29 is 0 Å². The van der Waals surface area contributed by atoms with Crippen LogP contribution < -0.4 is 5.32 Å². The highest BCUT2D eigenvalue weighted by molar-refractivity contribution is 9.10. The van der Waals surface area contributed by atoms with Crippen LogP contribution in [-0.2, 0) is 6.54 Å². The first-order chi connectivity index (χ1) is 7.25. The zero-order valence-corrected chi connectivity index (χ0v) is 10.9. The zero-order valence-electron chi connectivity index (χ0n) is 8.46. The Morgan fingerprint density at radius 1 is 1.33 bits per heavy atom. The molecule has 1 heterocycles.